The lowest BCUT2D eigenvalue weighted by atomic mass is 9.57. The van der Waals surface area contributed by atoms with Crippen LogP contribution in [-0.2, 0) is 28.8 Å². The van der Waals surface area contributed by atoms with E-state index in [1.807, 2.05) is 24.3 Å². The normalized spacial score (nSPS) is 28.9. The smallest absolute Gasteiger partial charge is 0.305 e. The van der Waals surface area contributed by atoms with Crippen LogP contribution in [0.3, 0.4) is 0 Å². The Hall–Kier alpha value is -4.54. The minimum Gasteiger partial charge on any atom is -0.507 e. The molecule has 2 heterocycles. The lowest BCUT2D eigenvalue weighted by molar-refractivity contribution is -0.145. The van der Waals surface area contributed by atoms with Gasteiger partial charge in [0.15, 0.2) is 0 Å². The molecule has 2 aromatic carbocycles. The fourth-order valence-electron chi connectivity index (χ4n) is 7.45. The van der Waals surface area contributed by atoms with Crippen molar-refractivity contribution >= 4 is 46.3 Å². The van der Waals surface area contributed by atoms with Crippen molar-refractivity contribution in [2.45, 2.75) is 31.6 Å². The molecule has 0 bridgehead atoms. The number of rotatable bonds is 7. The monoisotopic (exact) mass is 560 g/mol. The van der Waals surface area contributed by atoms with Crippen LogP contribution in [0.15, 0.2) is 48.0 Å². The number of carboxylic acid groups (broad SMARTS) is 2. The van der Waals surface area contributed by atoms with E-state index in [1.54, 1.807) is 18.2 Å². The standard InChI is InChI=1S/C30H28N2O9/c33-21(34)9-11-31-27(38)18-8-7-16-19(24(18)29(31)40)13-20-25(30(41)32(28(20)39)12-10-22(35)36)23(16)17-6-5-14-3-1-2-4-15(14)26(17)37/h1-7,18-20,23-25,37H,8-13H2,(H,33,34)(H,35,36)/t18-,19+,20+,23+,24-,25+/m0/s1. The number of hydrogen-bond donors (Lipinski definition) is 3. The first kappa shape index (κ1) is 26.7. The molecule has 0 radical (unpaired) electrons. The van der Waals surface area contributed by atoms with E-state index in [0.29, 0.717) is 16.5 Å². The van der Waals surface area contributed by atoms with Crippen LogP contribution >= 0.6 is 0 Å². The summed E-state index contributed by atoms with van der Waals surface area (Å²) in [6.07, 6.45) is 1.36. The number of aliphatic carboxylic acids is 2. The first-order valence-corrected chi connectivity index (χ1v) is 13.6. The first-order chi connectivity index (χ1) is 19.6. The predicted octanol–water partition coefficient (Wildman–Crippen LogP) is 2.13. The van der Waals surface area contributed by atoms with Crippen molar-refractivity contribution in [3.05, 3.63) is 53.6 Å². The minimum absolute atomic E-state index is 0.0448. The highest BCUT2D eigenvalue weighted by atomic mass is 16.4. The number of fused-ring (bicyclic) bond motifs is 5. The van der Waals surface area contributed by atoms with Crippen molar-refractivity contribution in [1.29, 1.82) is 0 Å². The van der Waals surface area contributed by atoms with Gasteiger partial charge < -0.3 is 15.3 Å². The molecule has 0 unspecified atom stereocenters. The Bertz CT molecular complexity index is 1560. The van der Waals surface area contributed by atoms with Crippen LogP contribution in [0.4, 0.5) is 0 Å². The summed E-state index contributed by atoms with van der Waals surface area (Å²) in [5.74, 6) is -8.97. The van der Waals surface area contributed by atoms with Gasteiger partial charge in [-0.2, -0.15) is 0 Å². The molecule has 2 aliphatic heterocycles. The molecule has 41 heavy (non-hydrogen) atoms. The maximum atomic E-state index is 13.8. The van der Waals surface area contributed by atoms with Gasteiger partial charge in [-0.1, -0.05) is 48.0 Å². The predicted molar refractivity (Wildman–Crippen MR) is 141 cm³/mol. The number of benzene rings is 2. The summed E-state index contributed by atoms with van der Waals surface area (Å²) in [6.45, 7) is -0.532. The van der Waals surface area contributed by atoms with Crippen LogP contribution in [0, 0.1) is 29.6 Å². The molecule has 6 rings (SSSR count). The Kier molecular flexibility index (Phi) is 6.39. The Balaban J connectivity index is 1.46. The van der Waals surface area contributed by atoms with Gasteiger partial charge in [-0.25, -0.2) is 0 Å². The highest BCUT2D eigenvalue weighted by Gasteiger charge is 2.62. The molecule has 3 fully saturated rings. The van der Waals surface area contributed by atoms with Crippen molar-refractivity contribution < 1.29 is 44.1 Å². The molecule has 3 N–H and O–H groups in total. The topological polar surface area (TPSA) is 170 Å². The number of carboxylic acids is 2. The SMILES string of the molecule is O=C(O)CCN1C(=O)[C@H]2[C@H](CC=C3[C@H]2C[C@H]2C(=O)N(CCC(=O)O)C(=O)[C@H]2[C@H]3c2ccc3ccccc3c2O)C1=O. The first-order valence-electron chi connectivity index (χ1n) is 13.6. The molecule has 2 saturated heterocycles. The number of aromatic hydroxyl groups is 1. The van der Waals surface area contributed by atoms with Gasteiger partial charge in [0.25, 0.3) is 0 Å². The summed E-state index contributed by atoms with van der Waals surface area (Å²) < 4.78 is 0. The van der Waals surface area contributed by atoms with Gasteiger partial charge in [-0.05, 0) is 24.1 Å². The van der Waals surface area contributed by atoms with Crippen molar-refractivity contribution in [3.63, 3.8) is 0 Å². The fourth-order valence-corrected chi connectivity index (χ4v) is 7.45. The number of phenols is 1. The van der Waals surface area contributed by atoms with Gasteiger partial charge in [0, 0.05) is 30.0 Å². The third-order valence-corrected chi connectivity index (χ3v) is 9.20. The summed E-state index contributed by atoms with van der Waals surface area (Å²) in [5, 5.41) is 31.1. The van der Waals surface area contributed by atoms with Crippen LogP contribution in [0.1, 0.15) is 37.2 Å². The van der Waals surface area contributed by atoms with Crippen LogP contribution < -0.4 is 0 Å². The summed E-state index contributed by atoms with van der Waals surface area (Å²) >= 11 is 0. The Labute approximate surface area is 234 Å². The van der Waals surface area contributed by atoms with Crippen molar-refractivity contribution in [1.82, 2.24) is 9.80 Å². The van der Waals surface area contributed by atoms with Gasteiger partial charge in [0.1, 0.15) is 5.75 Å². The zero-order chi connectivity index (χ0) is 29.2. The van der Waals surface area contributed by atoms with Crippen LogP contribution in [0.2, 0.25) is 0 Å². The van der Waals surface area contributed by atoms with Gasteiger partial charge in [-0.3, -0.25) is 38.6 Å². The van der Waals surface area contributed by atoms with E-state index >= 15 is 0 Å². The maximum absolute atomic E-state index is 13.8. The second-order valence-electron chi connectivity index (χ2n) is 11.2. The molecule has 212 valence electrons. The lowest BCUT2D eigenvalue weighted by Gasteiger charge is -2.44. The van der Waals surface area contributed by atoms with Crippen LogP contribution in [0.25, 0.3) is 10.8 Å². The molecule has 11 nitrogen and oxygen atoms in total. The van der Waals surface area contributed by atoms with Crippen molar-refractivity contribution in [2.24, 2.45) is 29.6 Å². The number of likely N-dealkylation sites (tertiary alicyclic amines) is 2. The molecule has 1 saturated carbocycles. The third kappa shape index (κ3) is 4.10. The lowest BCUT2D eigenvalue weighted by Crippen LogP contribution is -2.43. The average molecular weight is 561 g/mol. The quantitative estimate of drug-likeness (QED) is 0.339. The van der Waals surface area contributed by atoms with E-state index in [0.717, 1.165) is 15.2 Å². The summed E-state index contributed by atoms with van der Waals surface area (Å²) in [4.78, 5) is 78.5. The number of imide groups is 2. The van der Waals surface area contributed by atoms with Crippen molar-refractivity contribution in [3.8, 4) is 5.75 Å². The maximum Gasteiger partial charge on any atom is 0.305 e. The fraction of sp³-hybridized carbons (Fsp3) is 0.400. The van der Waals surface area contributed by atoms with E-state index in [4.69, 9.17) is 5.11 Å². The van der Waals surface area contributed by atoms with Crippen LogP contribution in [-0.4, -0.2) is 73.8 Å². The number of nitrogens with zero attached hydrogens (tertiary/aromatic N) is 2. The molecule has 11 heteroatoms. The molecule has 4 aliphatic rings. The zero-order valence-corrected chi connectivity index (χ0v) is 21.9. The second-order valence-corrected chi connectivity index (χ2v) is 11.2. The molecule has 0 spiro atoms. The van der Waals surface area contributed by atoms with Gasteiger partial charge in [-0.15, -0.1) is 0 Å². The van der Waals surface area contributed by atoms with E-state index in [9.17, 15) is 39.0 Å². The second kappa shape index (κ2) is 9.83. The zero-order valence-electron chi connectivity index (χ0n) is 21.9. The van der Waals surface area contributed by atoms with E-state index in [1.165, 1.54) is 0 Å². The van der Waals surface area contributed by atoms with E-state index in [2.05, 4.69) is 0 Å². The number of carbonyl (C=O) groups excluding carboxylic acids is 4. The van der Waals surface area contributed by atoms with Crippen molar-refractivity contribution in [2.75, 3.05) is 13.1 Å². The molecule has 2 aliphatic carbocycles. The summed E-state index contributed by atoms with van der Waals surface area (Å²) in [6, 6.07) is 10.7. The van der Waals surface area contributed by atoms with Crippen LogP contribution in [0.5, 0.6) is 5.75 Å². The number of amides is 4. The minimum atomic E-state index is -1.15. The van der Waals surface area contributed by atoms with Gasteiger partial charge >= 0.3 is 11.9 Å². The molecular formula is C30H28N2O9. The van der Waals surface area contributed by atoms with E-state index < -0.39 is 77.5 Å². The highest BCUT2D eigenvalue weighted by Crippen LogP contribution is 2.59. The number of hydrogen-bond acceptors (Lipinski definition) is 7. The molecule has 0 aromatic heterocycles. The molecule has 2 aromatic rings. The highest BCUT2D eigenvalue weighted by molar-refractivity contribution is 6.08. The van der Waals surface area contributed by atoms with Gasteiger partial charge in [0.2, 0.25) is 23.6 Å². The summed E-state index contributed by atoms with van der Waals surface area (Å²) in [5.41, 5.74) is 1.12. The third-order valence-electron chi connectivity index (χ3n) is 9.20. The molecular weight excluding hydrogens is 532 g/mol. The number of carbonyl (C=O) groups is 6. The Morgan fingerprint density at radius 3 is 2.02 bits per heavy atom. The Morgan fingerprint density at radius 2 is 1.37 bits per heavy atom. The Morgan fingerprint density at radius 1 is 0.756 bits per heavy atom. The number of allylic oxidation sites excluding steroid dienone is 2. The molecule has 4 amide bonds. The number of phenolic OH excluding ortho intramolecular Hbond substituents is 1. The largest absolute Gasteiger partial charge is 0.507 e. The summed E-state index contributed by atoms with van der Waals surface area (Å²) in [7, 11) is 0. The average Bonchev–Trinajstić information content (AvgIpc) is 3.33. The van der Waals surface area contributed by atoms with E-state index in [-0.39, 0.29) is 38.1 Å². The molecule has 6 atom stereocenters. The van der Waals surface area contributed by atoms with Gasteiger partial charge in [0.05, 0.1) is 36.5 Å².